The lowest BCUT2D eigenvalue weighted by Crippen LogP contribution is -2.15. The van der Waals surface area contributed by atoms with Crippen LogP contribution in [0.4, 0.5) is 5.82 Å². The summed E-state index contributed by atoms with van der Waals surface area (Å²) >= 11 is 6.25. The number of anilines is 1. The summed E-state index contributed by atoms with van der Waals surface area (Å²) in [5.74, 6) is 0.653. The van der Waals surface area contributed by atoms with Gasteiger partial charge in [-0.25, -0.2) is 18.4 Å². The number of ether oxygens (including phenoxy) is 2. The summed E-state index contributed by atoms with van der Waals surface area (Å²) in [6, 6.07) is 13.6. The van der Waals surface area contributed by atoms with Crippen LogP contribution in [-0.2, 0) is 14.8 Å². The molecule has 1 N–H and O–H groups in total. The Morgan fingerprint density at radius 3 is 2.34 bits per heavy atom. The maximum atomic E-state index is 12.8. The monoisotopic (exact) mass is 433 g/mol. The van der Waals surface area contributed by atoms with Crippen molar-refractivity contribution in [2.24, 2.45) is 0 Å². The number of rotatable bonds is 8. The van der Waals surface area contributed by atoms with Crippen molar-refractivity contribution in [3.05, 3.63) is 65.6 Å². The number of nitrogens with zero attached hydrogens (tertiary/aromatic N) is 2. The third-order valence-corrected chi connectivity index (χ3v) is 5.70. The highest BCUT2D eigenvalue weighted by atomic mass is 35.5. The third-order valence-electron chi connectivity index (χ3n) is 4.06. The number of hydrogen-bond donors (Lipinski definition) is 1. The van der Waals surface area contributed by atoms with Crippen LogP contribution in [0.5, 0.6) is 5.75 Å². The minimum absolute atomic E-state index is 0.0705. The van der Waals surface area contributed by atoms with Crippen molar-refractivity contribution in [2.45, 2.75) is 11.8 Å². The molecule has 29 heavy (non-hydrogen) atoms. The number of nitrogens with one attached hydrogen (secondary N) is 1. The van der Waals surface area contributed by atoms with Gasteiger partial charge in [0.2, 0.25) is 0 Å². The Kier molecular flexibility index (Phi) is 6.68. The normalized spacial score (nSPS) is 11.3. The predicted molar refractivity (Wildman–Crippen MR) is 112 cm³/mol. The van der Waals surface area contributed by atoms with Gasteiger partial charge in [-0.05, 0) is 36.8 Å². The van der Waals surface area contributed by atoms with Gasteiger partial charge >= 0.3 is 0 Å². The van der Waals surface area contributed by atoms with Crippen molar-refractivity contribution in [1.82, 2.24) is 9.97 Å². The van der Waals surface area contributed by atoms with Crippen LogP contribution in [0, 0.1) is 6.92 Å². The first-order valence-corrected chi connectivity index (χ1v) is 10.6. The number of benzene rings is 2. The van der Waals surface area contributed by atoms with Gasteiger partial charge in [-0.2, -0.15) is 0 Å². The van der Waals surface area contributed by atoms with E-state index < -0.39 is 10.0 Å². The van der Waals surface area contributed by atoms with Crippen molar-refractivity contribution in [3.8, 4) is 16.9 Å². The van der Waals surface area contributed by atoms with Crippen LogP contribution in [0.3, 0.4) is 0 Å². The Labute approximate surface area is 174 Å². The summed E-state index contributed by atoms with van der Waals surface area (Å²) in [7, 11) is -2.31. The van der Waals surface area contributed by atoms with Gasteiger partial charge in [-0.1, -0.05) is 41.4 Å². The van der Waals surface area contributed by atoms with E-state index >= 15 is 0 Å². The lowest BCUT2D eigenvalue weighted by molar-refractivity contribution is 0.146. The number of aromatic nitrogens is 2. The van der Waals surface area contributed by atoms with Crippen molar-refractivity contribution in [2.75, 3.05) is 25.0 Å². The highest BCUT2D eigenvalue weighted by Crippen LogP contribution is 2.33. The van der Waals surface area contributed by atoms with Gasteiger partial charge in [0.25, 0.3) is 10.0 Å². The molecule has 1 aromatic heterocycles. The maximum absolute atomic E-state index is 12.8. The summed E-state index contributed by atoms with van der Waals surface area (Å²) in [4.78, 5) is 8.14. The van der Waals surface area contributed by atoms with E-state index in [9.17, 15) is 8.42 Å². The third kappa shape index (κ3) is 5.23. The van der Waals surface area contributed by atoms with Crippen LogP contribution >= 0.6 is 11.6 Å². The number of methoxy groups -OCH3 is 1. The van der Waals surface area contributed by atoms with E-state index in [1.807, 2.05) is 31.2 Å². The van der Waals surface area contributed by atoms with E-state index in [4.69, 9.17) is 21.1 Å². The molecule has 7 nitrogen and oxygen atoms in total. The van der Waals surface area contributed by atoms with Crippen molar-refractivity contribution in [3.63, 3.8) is 0 Å². The molecule has 0 atom stereocenters. The molecule has 0 unspecified atom stereocenters. The molecule has 3 aromatic rings. The van der Waals surface area contributed by atoms with Crippen LogP contribution in [0.25, 0.3) is 11.1 Å². The quantitative estimate of drug-likeness (QED) is 0.427. The zero-order valence-electron chi connectivity index (χ0n) is 15.9. The van der Waals surface area contributed by atoms with E-state index in [0.29, 0.717) is 30.1 Å². The molecule has 0 aliphatic heterocycles. The molecule has 0 amide bonds. The van der Waals surface area contributed by atoms with E-state index in [0.717, 1.165) is 5.56 Å². The first-order valence-electron chi connectivity index (χ1n) is 8.73. The molecule has 0 saturated heterocycles. The minimum Gasteiger partial charge on any atom is -0.491 e. The number of sulfonamides is 1. The van der Waals surface area contributed by atoms with Gasteiger partial charge in [0, 0.05) is 7.11 Å². The van der Waals surface area contributed by atoms with Crippen molar-refractivity contribution < 1.29 is 17.9 Å². The Morgan fingerprint density at radius 2 is 1.69 bits per heavy atom. The van der Waals surface area contributed by atoms with Crippen molar-refractivity contribution in [1.29, 1.82) is 0 Å². The average molecular weight is 434 g/mol. The van der Waals surface area contributed by atoms with Crippen LogP contribution in [-0.4, -0.2) is 38.7 Å². The Balaban J connectivity index is 1.87. The smallest absolute Gasteiger partial charge is 0.263 e. The second-order valence-electron chi connectivity index (χ2n) is 6.17. The fourth-order valence-corrected chi connectivity index (χ4v) is 3.83. The molecule has 152 valence electrons. The van der Waals surface area contributed by atoms with E-state index in [-0.39, 0.29) is 15.9 Å². The zero-order chi connectivity index (χ0) is 20.9. The molecule has 0 saturated carbocycles. The molecule has 1 heterocycles. The first kappa shape index (κ1) is 21.0. The summed E-state index contributed by atoms with van der Waals surface area (Å²) in [5.41, 5.74) is 2.19. The highest BCUT2D eigenvalue weighted by Gasteiger charge is 2.20. The fourth-order valence-electron chi connectivity index (χ4n) is 2.56. The number of halogens is 1. The summed E-state index contributed by atoms with van der Waals surface area (Å²) < 4.78 is 38.6. The lowest BCUT2D eigenvalue weighted by Gasteiger charge is -2.13. The standard InChI is InChI=1S/C20H20ClN3O4S/c1-14-3-5-15(6-4-14)18-19(21)22-13-23-20(18)24-29(25,26)17-9-7-16(8-10-17)28-12-11-27-2/h3-10,13H,11-12H2,1-2H3,(H,22,23,24). The average Bonchev–Trinajstić information content (AvgIpc) is 2.70. The summed E-state index contributed by atoms with van der Waals surface area (Å²) in [5, 5.41) is 0.156. The molecule has 0 spiro atoms. The molecular weight excluding hydrogens is 414 g/mol. The summed E-state index contributed by atoms with van der Waals surface area (Å²) in [6.45, 7) is 2.78. The second kappa shape index (κ2) is 9.21. The van der Waals surface area contributed by atoms with Crippen LogP contribution in [0.2, 0.25) is 5.15 Å². The number of aryl methyl sites for hydroxylation is 1. The summed E-state index contributed by atoms with van der Waals surface area (Å²) in [6.07, 6.45) is 1.21. The number of hydrogen-bond acceptors (Lipinski definition) is 6. The second-order valence-corrected chi connectivity index (χ2v) is 8.21. The van der Waals surface area contributed by atoms with Gasteiger partial charge in [0.15, 0.2) is 5.82 Å². The van der Waals surface area contributed by atoms with Gasteiger partial charge < -0.3 is 9.47 Å². The minimum atomic E-state index is -3.89. The van der Waals surface area contributed by atoms with Gasteiger partial charge in [-0.3, -0.25) is 4.72 Å². The SMILES string of the molecule is COCCOc1ccc(S(=O)(=O)Nc2ncnc(Cl)c2-c2ccc(C)cc2)cc1. The molecule has 2 aromatic carbocycles. The molecule has 0 aliphatic rings. The lowest BCUT2D eigenvalue weighted by atomic mass is 10.1. The molecule has 0 radical (unpaired) electrons. The van der Waals surface area contributed by atoms with E-state index in [1.54, 1.807) is 19.2 Å². The van der Waals surface area contributed by atoms with Gasteiger partial charge in [0.05, 0.1) is 17.1 Å². The molecule has 0 bridgehead atoms. The molecule has 0 fully saturated rings. The van der Waals surface area contributed by atoms with Gasteiger partial charge in [0.1, 0.15) is 23.8 Å². The van der Waals surface area contributed by atoms with E-state index in [2.05, 4.69) is 14.7 Å². The van der Waals surface area contributed by atoms with Crippen LogP contribution < -0.4 is 9.46 Å². The fraction of sp³-hybridized carbons (Fsp3) is 0.200. The molecule has 0 aliphatic carbocycles. The van der Waals surface area contributed by atoms with Gasteiger partial charge in [-0.15, -0.1) is 0 Å². The predicted octanol–water partition coefficient (Wildman–Crippen LogP) is 3.93. The highest BCUT2D eigenvalue weighted by molar-refractivity contribution is 7.92. The molecule has 3 rings (SSSR count). The van der Waals surface area contributed by atoms with Crippen LogP contribution in [0.15, 0.2) is 59.8 Å². The molecule has 9 heteroatoms. The van der Waals surface area contributed by atoms with Crippen LogP contribution in [0.1, 0.15) is 5.56 Å². The zero-order valence-corrected chi connectivity index (χ0v) is 17.5. The Morgan fingerprint density at radius 1 is 1.00 bits per heavy atom. The topological polar surface area (TPSA) is 90.4 Å². The van der Waals surface area contributed by atoms with Crippen molar-refractivity contribution >= 4 is 27.4 Å². The maximum Gasteiger partial charge on any atom is 0.263 e. The Hall–Kier alpha value is -2.68. The molecular formula is C20H20ClN3O4S. The first-order chi connectivity index (χ1) is 13.9. The Bertz CT molecular complexity index is 1070. The van der Waals surface area contributed by atoms with E-state index in [1.165, 1.54) is 18.5 Å². The largest absolute Gasteiger partial charge is 0.491 e.